The lowest BCUT2D eigenvalue weighted by molar-refractivity contribution is -0.148. The first-order chi connectivity index (χ1) is 8.70. The quantitative estimate of drug-likeness (QED) is 0.571. The molecule has 2 saturated carbocycles. The average molecular weight is 271 g/mol. The minimum atomic E-state index is -0.375. The number of unbranched alkanes of at least 4 members (excludes halogenated alkanes) is 1. The second-order valence-electron chi connectivity index (χ2n) is 5.58. The van der Waals surface area contributed by atoms with E-state index in [0.29, 0.717) is 11.3 Å². The van der Waals surface area contributed by atoms with Crippen molar-refractivity contribution in [2.75, 3.05) is 12.9 Å². The van der Waals surface area contributed by atoms with Crippen LogP contribution in [0.3, 0.4) is 0 Å². The lowest BCUT2D eigenvalue weighted by Crippen LogP contribution is -2.52. The molecule has 2 unspecified atom stereocenters. The minimum absolute atomic E-state index is 0.0482. The molecule has 18 heavy (non-hydrogen) atoms. The van der Waals surface area contributed by atoms with Crippen LogP contribution in [0.1, 0.15) is 51.9 Å². The van der Waals surface area contributed by atoms with Crippen LogP contribution in [0, 0.1) is 0 Å². The van der Waals surface area contributed by atoms with Gasteiger partial charge in [-0.25, -0.2) is 0 Å². The molecule has 0 amide bonds. The smallest absolute Gasteiger partial charge is 0.326 e. The van der Waals surface area contributed by atoms with Crippen molar-refractivity contribution in [3.63, 3.8) is 0 Å². The number of hydrogen-bond acceptors (Lipinski definition) is 4. The van der Waals surface area contributed by atoms with E-state index in [4.69, 9.17) is 4.74 Å². The molecule has 0 spiro atoms. The molecule has 0 bridgehead atoms. The zero-order valence-electron chi connectivity index (χ0n) is 11.5. The monoisotopic (exact) mass is 271 g/mol. The number of methoxy groups -OCH3 is 1. The third-order valence-corrected chi connectivity index (χ3v) is 5.35. The van der Waals surface area contributed by atoms with Crippen LogP contribution in [-0.4, -0.2) is 35.7 Å². The van der Waals surface area contributed by atoms with Gasteiger partial charge in [0.1, 0.15) is 5.54 Å². The lowest BCUT2D eigenvalue weighted by Gasteiger charge is -2.27. The Morgan fingerprint density at radius 3 is 2.83 bits per heavy atom. The second kappa shape index (κ2) is 6.29. The van der Waals surface area contributed by atoms with Gasteiger partial charge in [0.15, 0.2) is 0 Å². The molecular formula is C14H25NO2S. The number of hydrogen-bond donors (Lipinski definition) is 1. The number of rotatable bonds is 7. The van der Waals surface area contributed by atoms with Gasteiger partial charge < -0.3 is 4.74 Å². The van der Waals surface area contributed by atoms with E-state index in [1.54, 1.807) is 0 Å². The molecule has 0 saturated heterocycles. The number of carbonyl (C=O) groups is 1. The summed E-state index contributed by atoms with van der Waals surface area (Å²) in [5, 5.41) is 4.18. The first kappa shape index (κ1) is 14.2. The molecule has 0 aliphatic heterocycles. The van der Waals surface area contributed by atoms with Crippen LogP contribution in [0.2, 0.25) is 0 Å². The van der Waals surface area contributed by atoms with Gasteiger partial charge in [0.05, 0.1) is 7.11 Å². The summed E-state index contributed by atoms with van der Waals surface area (Å²) in [5.74, 6) is 1.18. The molecule has 0 aromatic heterocycles. The summed E-state index contributed by atoms with van der Waals surface area (Å²) < 4.78 is 5.03. The highest BCUT2D eigenvalue weighted by atomic mass is 32.2. The van der Waals surface area contributed by atoms with Crippen LogP contribution < -0.4 is 5.32 Å². The van der Waals surface area contributed by atoms with Crippen molar-refractivity contribution in [3.8, 4) is 0 Å². The molecule has 2 aliphatic rings. The molecule has 2 aliphatic carbocycles. The summed E-state index contributed by atoms with van der Waals surface area (Å²) in [6.07, 6.45) is 8.00. The van der Waals surface area contributed by atoms with Crippen molar-refractivity contribution in [2.24, 2.45) is 0 Å². The fourth-order valence-electron chi connectivity index (χ4n) is 2.73. The molecule has 2 atom stereocenters. The predicted octanol–water partition coefficient (Wildman–Crippen LogP) is 2.74. The van der Waals surface area contributed by atoms with Crippen LogP contribution in [0.15, 0.2) is 0 Å². The van der Waals surface area contributed by atoms with Crippen molar-refractivity contribution in [2.45, 2.75) is 68.7 Å². The third kappa shape index (κ3) is 3.41. The Kier molecular flexibility index (Phi) is 4.96. The number of carbonyl (C=O) groups excluding carboxylic acids is 1. The van der Waals surface area contributed by atoms with Crippen molar-refractivity contribution >= 4 is 17.7 Å². The maximum atomic E-state index is 12.1. The van der Waals surface area contributed by atoms with Gasteiger partial charge >= 0.3 is 5.97 Å². The molecule has 0 radical (unpaired) electrons. The molecule has 0 aromatic carbocycles. The van der Waals surface area contributed by atoms with Gasteiger partial charge in [-0.3, -0.25) is 10.1 Å². The number of ether oxygens (including phenoxy) is 1. The van der Waals surface area contributed by atoms with Gasteiger partial charge in [-0.05, 0) is 44.3 Å². The van der Waals surface area contributed by atoms with E-state index >= 15 is 0 Å². The van der Waals surface area contributed by atoms with Gasteiger partial charge in [-0.2, -0.15) is 11.8 Å². The van der Waals surface area contributed by atoms with Crippen molar-refractivity contribution in [1.82, 2.24) is 5.32 Å². The van der Waals surface area contributed by atoms with Crippen LogP contribution in [-0.2, 0) is 9.53 Å². The molecule has 104 valence electrons. The van der Waals surface area contributed by atoms with E-state index in [9.17, 15) is 4.79 Å². The van der Waals surface area contributed by atoms with Crippen LogP contribution in [0.4, 0.5) is 0 Å². The van der Waals surface area contributed by atoms with Gasteiger partial charge in [-0.15, -0.1) is 0 Å². The largest absolute Gasteiger partial charge is 0.468 e. The zero-order valence-corrected chi connectivity index (χ0v) is 12.4. The first-order valence-electron chi connectivity index (χ1n) is 7.18. The first-order valence-corrected chi connectivity index (χ1v) is 8.23. The van der Waals surface area contributed by atoms with E-state index in [-0.39, 0.29) is 11.5 Å². The van der Waals surface area contributed by atoms with Crippen molar-refractivity contribution in [3.05, 3.63) is 0 Å². The Morgan fingerprint density at radius 1 is 1.44 bits per heavy atom. The van der Waals surface area contributed by atoms with Crippen molar-refractivity contribution < 1.29 is 9.53 Å². The fraction of sp³-hybridized carbons (Fsp3) is 0.929. The average Bonchev–Trinajstić information content (AvgIpc) is 3.08. The Morgan fingerprint density at radius 2 is 2.22 bits per heavy atom. The molecule has 4 heteroatoms. The topological polar surface area (TPSA) is 38.3 Å². The Bertz CT molecular complexity index is 294. The lowest BCUT2D eigenvalue weighted by atomic mass is 9.97. The number of esters is 1. The standard InChI is InChI=1S/C14H25NO2S/c1-3-4-9-18-12-7-8-14(10-12,13(16)17-2)15-11-5-6-11/h11-12,15H,3-10H2,1-2H3. The van der Waals surface area contributed by atoms with E-state index < -0.39 is 0 Å². The molecule has 2 rings (SSSR count). The van der Waals surface area contributed by atoms with Gasteiger partial charge in [0, 0.05) is 11.3 Å². The van der Waals surface area contributed by atoms with Crippen molar-refractivity contribution in [1.29, 1.82) is 0 Å². The summed E-state index contributed by atoms with van der Waals surface area (Å²) in [7, 11) is 1.51. The van der Waals surface area contributed by atoms with Gasteiger partial charge in [0.2, 0.25) is 0 Å². The molecule has 0 heterocycles. The van der Waals surface area contributed by atoms with Crippen LogP contribution >= 0.6 is 11.8 Å². The predicted molar refractivity (Wildman–Crippen MR) is 75.9 cm³/mol. The van der Waals surface area contributed by atoms with E-state index in [1.165, 1.54) is 38.5 Å². The Balaban J connectivity index is 1.88. The van der Waals surface area contributed by atoms with Crippen LogP contribution in [0.25, 0.3) is 0 Å². The van der Waals surface area contributed by atoms with Crippen LogP contribution in [0.5, 0.6) is 0 Å². The molecule has 0 aromatic rings. The zero-order chi connectivity index (χ0) is 13.0. The summed E-state index contributed by atoms with van der Waals surface area (Å²) in [6.45, 7) is 2.22. The van der Waals surface area contributed by atoms with E-state index in [0.717, 1.165) is 19.3 Å². The summed E-state index contributed by atoms with van der Waals surface area (Å²) >= 11 is 2.04. The summed E-state index contributed by atoms with van der Waals surface area (Å²) in [5.41, 5.74) is -0.375. The number of nitrogens with one attached hydrogen (secondary N) is 1. The minimum Gasteiger partial charge on any atom is -0.468 e. The van der Waals surface area contributed by atoms with E-state index in [2.05, 4.69) is 12.2 Å². The van der Waals surface area contributed by atoms with Gasteiger partial charge in [-0.1, -0.05) is 13.3 Å². The van der Waals surface area contributed by atoms with Gasteiger partial charge in [0.25, 0.3) is 0 Å². The molecular weight excluding hydrogens is 246 g/mol. The maximum absolute atomic E-state index is 12.1. The SMILES string of the molecule is CCCCSC1CCC(NC2CC2)(C(=O)OC)C1. The summed E-state index contributed by atoms with van der Waals surface area (Å²) in [4.78, 5) is 12.1. The Hall–Kier alpha value is -0.220. The molecule has 2 fully saturated rings. The maximum Gasteiger partial charge on any atom is 0.326 e. The Labute approximate surface area is 114 Å². The summed E-state index contributed by atoms with van der Waals surface area (Å²) in [6, 6.07) is 0.559. The highest BCUT2D eigenvalue weighted by Gasteiger charge is 2.48. The third-order valence-electron chi connectivity index (χ3n) is 3.95. The normalized spacial score (nSPS) is 31.6. The molecule has 1 N–H and O–H groups in total. The number of thioether (sulfide) groups is 1. The highest BCUT2D eigenvalue weighted by molar-refractivity contribution is 7.99. The fourth-order valence-corrected chi connectivity index (χ4v) is 4.20. The second-order valence-corrected chi connectivity index (χ2v) is 6.99. The van der Waals surface area contributed by atoms with E-state index in [1.807, 2.05) is 11.8 Å². The highest BCUT2D eigenvalue weighted by Crippen LogP contribution is 2.40. The molecule has 3 nitrogen and oxygen atoms in total.